The lowest BCUT2D eigenvalue weighted by Crippen LogP contribution is -2.50. The number of piperazine rings is 1. The van der Waals surface area contributed by atoms with Crippen molar-refractivity contribution in [2.45, 2.75) is 45.0 Å². The van der Waals surface area contributed by atoms with E-state index in [1.165, 1.54) is 6.92 Å². The Morgan fingerprint density at radius 2 is 1.59 bits per heavy atom. The lowest BCUT2D eigenvalue weighted by Gasteiger charge is -2.40. The van der Waals surface area contributed by atoms with Crippen molar-refractivity contribution in [3.8, 4) is 11.1 Å². The molecule has 2 fully saturated rings. The second kappa shape index (κ2) is 14.1. The number of aromatic nitrogens is 2. The summed E-state index contributed by atoms with van der Waals surface area (Å²) < 4.78 is 13.3. The molecule has 0 radical (unpaired) electrons. The molecule has 2 N–H and O–H groups in total. The number of nitrogens with one attached hydrogen (secondary N) is 1. The molecule has 9 nitrogen and oxygen atoms in total. The Morgan fingerprint density at radius 1 is 0.864 bits per heavy atom. The van der Waals surface area contributed by atoms with Crippen molar-refractivity contribution in [2.75, 3.05) is 37.6 Å². The summed E-state index contributed by atoms with van der Waals surface area (Å²) in [7, 11) is 0. The monoisotopic (exact) mass is 593 g/mol. The maximum Gasteiger partial charge on any atom is 0.225 e. The SMILES string of the molecule is CC(=O)NCc1cccc(-c2cccc([C@@H]3O[C@H](CN4CCN(c5ncccn5)CC4)C[C@H](c4ccc(CO)cc4)O3)c2)c1. The van der Waals surface area contributed by atoms with Gasteiger partial charge in [-0.05, 0) is 46.0 Å². The molecule has 0 saturated carbocycles. The summed E-state index contributed by atoms with van der Waals surface area (Å²) in [5, 5.41) is 12.4. The number of rotatable bonds is 9. The molecule has 3 atom stereocenters. The van der Waals surface area contributed by atoms with E-state index in [4.69, 9.17) is 9.47 Å². The predicted octanol–water partition coefficient (Wildman–Crippen LogP) is 4.64. The van der Waals surface area contributed by atoms with Crippen LogP contribution in [-0.4, -0.2) is 64.7 Å². The van der Waals surface area contributed by atoms with E-state index < -0.39 is 6.29 Å². The molecule has 2 aliphatic rings. The first kappa shape index (κ1) is 29.9. The van der Waals surface area contributed by atoms with Crippen molar-refractivity contribution >= 4 is 11.9 Å². The van der Waals surface area contributed by atoms with Crippen LogP contribution in [-0.2, 0) is 27.4 Å². The third kappa shape index (κ3) is 7.49. The van der Waals surface area contributed by atoms with Gasteiger partial charge in [-0.15, -0.1) is 0 Å². The van der Waals surface area contributed by atoms with E-state index in [0.29, 0.717) is 6.54 Å². The van der Waals surface area contributed by atoms with Crippen molar-refractivity contribution in [3.05, 3.63) is 114 Å². The highest BCUT2D eigenvalue weighted by molar-refractivity contribution is 5.73. The van der Waals surface area contributed by atoms with Crippen LogP contribution in [0.4, 0.5) is 5.95 Å². The summed E-state index contributed by atoms with van der Waals surface area (Å²) >= 11 is 0. The van der Waals surface area contributed by atoms with E-state index in [2.05, 4.69) is 55.4 Å². The maximum absolute atomic E-state index is 11.4. The summed E-state index contributed by atoms with van der Waals surface area (Å²) in [6, 6.07) is 26.4. The maximum atomic E-state index is 11.4. The first-order valence-electron chi connectivity index (χ1n) is 15.2. The standard InChI is InChI=1S/C35H39N5O4/c1-25(42)38-22-27-5-2-6-29(19-27)30-7-3-8-31(20-30)34-43-32(21-33(44-34)28-11-9-26(24-41)10-12-28)23-39-15-17-40(18-16-39)35-36-13-4-14-37-35/h2-14,19-20,32-34,41H,15-18,21-24H2,1H3,(H,38,42)/t32-,33+,34+/m0/s1. The molecule has 0 spiro atoms. The molecule has 9 heteroatoms. The number of carbonyl (C=O) groups is 1. The van der Waals surface area contributed by atoms with Crippen LogP contribution in [0.1, 0.15) is 48.0 Å². The molecule has 3 aromatic carbocycles. The Labute approximate surface area is 258 Å². The van der Waals surface area contributed by atoms with Gasteiger partial charge >= 0.3 is 0 Å². The predicted molar refractivity (Wildman–Crippen MR) is 169 cm³/mol. The number of hydrogen-bond acceptors (Lipinski definition) is 8. The lowest BCUT2D eigenvalue weighted by molar-refractivity contribution is -0.253. The van der Waals surface area contributed by atoms with E-state index in [0.717, 1.165) is 78.5 Å². The Morgan fingerprint density at radius 3 is 2.32 bits per heavy atom. The minimum atomic E-state index is -0.530. The van der Waals surface area contributed by atoms with Crippen LogP contribution in [0.3, 0.4) is 0 Å². The molecule has 44 heavy (non-hydrogen) atoms. The zero-order chi connectivity index (χ0) is 30.3. The van der Waals surface area contributed by atoms with Crippen molar-refractivity contribution < 1.29 is 19.4 Å². The third-order valence-electron chi connectivity index (χ3n) is 8.24. The van der Waals surface area contributed by atoms with Gasteiger partial charge in [0, 0.05) is 70.6 Å². The number of aliphatic hydroxyl groups excluding tert-OH is 1. The first-order chi connectivity index (χ1) is 21.5. The number of anilines is 1. The molecule has 3 heterocycles. The van der Waals surface area contributed by atoms with Crippen molar-refractivity contribution in [1.29, 1.82) is 0 Å². The van der Waals surface area contributed by atoms with Crippen LogP contribution in [0.5, 0.6) is 0 Å². The first-order valence-corrected chi connectivity index (χ1v) is 15.2. The number of aliphatic hydroxyl groups is 1. The molecular weight excluding hydrogens is 554 g/mol. The average Bonchev–Trinajstić information content (AvgIpc) is 3.08. The highest BCUT2D eigenvalue weighted by Crippen LogP contribution is 2.39. The van der Waals surface area contributed by atoms with Crippen LogP contribution in [0.2, 0.25) is 0 Å². The van der Waals surface area contributed by atoms with Crippen molar-refractivity contribution in [1.82, 2.24) is 20.2 Å². The molecule has 2 aliphatic heterocycles. The Hall–Kier alpha value is -4.15. The smallest absolute Gasteiger partial charge is 0.225 e. The van der Waals surface area contributed by atoms with Gasteiger partial charge in [0.15, 0.2) is 6.29 Å². The highest BCUT2D eigenvalue weighted by atomic mass is 16.7. The molecule has 0 unspecified atom stereocenters. The second-order valence-corrected chi connectivity index (χ2v) is 11.4. The molecule has 0 bridgehead atoms. The van der Waals surface area contributed by atoms with Gasteiger partial charge in [-0.3, -0.25) is 9.69 Å². The Balaban J connectivity index is 1.19. The second-order valence-electron chi connectivity index (χ2n) is 11.4. The van der Waals surface area contributed by atoms with Gasteiger partial charge in [-0.25, -0.2) is 9.97 Å². The van der Waals surface area contributed by atoms with Crippen LogP contribution in [0.25, 0.3) is 11.1 Å². The molecule has 4 aromatic rings. The van der Waals surface area contributed by atoms with Crippen molar-refractivity contribution in [3.63, 3.8) is 0 Å². The van der Waals surface area contributed by atoms with E-state index in [1.54, 1.807) is 12.4 Å². The topological polar surface area (TPSA) is 100 Å². The summed E-state index contributed by atoms with van der Waals surface area (Å²) in [4.78, 5) is 24.9. The van der Waals surface area contributed by atoms with Gasteiger partial charge in [0.05, 0.1) is 18.8 Å². The highest BCUT2D eigenvalue weighted by Gasteiger charge is 2.34. The van der Waals surface area contributed by atoms with Gasteiger partial charge in [0.1, 0.15) is 0 Å². The van der Waals surface area contributed by atoms with E-state index in [9.17, 15) is 9.90 Å². The zero-order valence-corrected chi connectivity index (χ0v) is 25.0. The number of nitrogens with zero attached hydrogens (tertiary/aromatic N) is 4. The number of benzene rings is 3. The molecular formula is C35H39N5O4. The van der Waals surface area contributed by atoms with E-state index in [1.807, 2.05) is 48.5 Å². The number of ether oxygens (including phenoxy) is 2. The van der Waals surface area contributed by atoms with Gasteiger partial charge in [0.25, 0.3) is 0 Å². The summed E-state index contributed by atoms with van der Waals surface area (Å²) in [6.07, 6.45) is 3.61. The van der Waals surface area contributed by atoms with Gasteiger partial charge in [0.2, 0.25) is 11.9 Å². The van der Waals surface area contributed by atoms with E-state index in [-0.39, 0.29) is 24.7 Å². The summed E-state index contributed by atoms with van der Waals surface area (Å²) in [5.41, 5.74) is 6.08. The molecule has 1 aromatic heterocycles. The zero-order valence-electron chi connectivity index (χ0n) is 25.0. The summed E-state index contributed by atoms with van der Waals surface area (Å²) in [6.45, 7) is 6.38. The molecule has 2 saturated heterocycles. The quantitative estimate of drug-likeness (QED) is 0.290. The number of carbonyl (C=O) groups excluding carboxylic acids is 1. The van der Waals surface area contributed by atoms with Crippen LogP contribution < -0.4 is 10.2 Å². The van der Waals surface area contributed by atoms with Crippen LogP contribution >= 0.6 is 0 Å². The molecule has 0 aliphatic carbocycles. The largest absolute Gasteiger partial charge is 0.392 e. The average molecular weight is 594 g/mol. The number of amides is 1. The van der Waals surface area contributed by atoms with Gasteiger partial charge in [-0.1, -0.05) is 60.7 Å². The number of hydrogen-bond donors (Lipinski definition) is 2. The van der Waals surface area contributed by atoms with Crippen molar-refractivity contribution in [2.24, 2.45) is 0 Å². The van der Waals surface area contributed by atoms with E-state index >= 15 is 0 Å². The third-order valence-corrected chi connectivity index (χ3v) is 8.24. The molecule has 1 amide bonds. The fourth-order valence-corrected chi connectivity index (χ4v) is 5.86. The fourth-order valence-electron chi connectivity index (χ4n) is 5.86. The Bertz CT molecular complexity index is 1530. The van der Waals surface area contributed by atoms with Crippen LogP contribution in [0.15, 0.2) is 91.3 Å². The normalized spacial score (nSPS) is 20.8. The minimum Gasteiger partial charge on any atom is -0.392 e. The van der Waals surface area contributed by atoms with Gasteiger partial charge < -0.3 is 24.8 Å². The fraction of sp³-hybridized carbons (Fsp3) is 0.343. The lowest BCUT2D eigenvalue weighted by atomic mass is 9.98. The minimum absolute atomic E-state index is 0.0129. The molecule has 228 valence electrons. The van der Waals surface area contributed by atoms with Crippen LogP contribution in [0, 0.1) is 0 Å². The molecule has 6 rings (SSSR count). The van der Waals surface area contributed by atoms with Gasteiger partial charge in [-0.2, -0.15) is 0 Å². The Kier molecular flexibility index (Phi) is 9.58. The summed E-state index contributed by atoms with van der Waals surface area (Å²) in [5.74, 6) is 0.729.